The van der Waals surface area contributed by atoms with Gasteiger partial charge in [0.2, 0.25) is 0 Å². The van der Waals surface area contributed by atoms with Gasteiger partial charge in [-0.3, -0.25) is 4.90 Å². The molecule has 0 aliphatic carbocycles. The number of rotatable bonds is 2. The molecule has 2 heteroatoms. The van der Waals surface area contributed by atoms with Gasteiger partial charge in [-0.25, -0.2) is 0 Å². The van der Waals surface area contributed by atoms with Crippen molar-refractivity contribution in [1.82, 2.24) is 4.90 Å². The van der Waals surface area contributed by atoms with E-state index >= 15 is 0 Å². The molecule has 2 heterocycles. The van der Waals surface area contributed by atoms with E-state index in [4.69, 9.17) is 0 Å². The van der Waals surface area contributed by atoms with E-state index in [1.807, 2.05) is 11.3 Å². The Hall–Kier alpha value is -0.340. The zero-order valence-corrected chi connectivity index (χ0v) is 9.23. The van der Waals surface area contributed by atoms with Crippen molar-refractivity contribution in [2.24, 2.45) is 0 Å². The zero-order valence-electron chi connectivity index (χ0n) is 8.42. The molecule has 1 unspecified atom stereocenters. The van der Waals surface area contributed by atoms with E-state index in [0.29, 0.717) is 0 Å². The molecule has 1 aromatic rings. The number of fused-ring (bicyclic) bond motifs is 1. The summed E-state index contributed by atoms with van der Waals surface area (Å²) in [5.74, 6) is 0. The van der Waals surface area contributed by atoms with Crippen molar-refractivity contribution in [3.63, 3.8) is 0 Å². The van der Waals surface area contributed by atoms with Crippen LogP contribution in [-0.2, 0) is 13.0 Å². The molecule has 72 valence electrons. The second-order valence-electron chi connectivity index (χ2n) is 3.85. The van der Waals surface area contributed by atoms with Gasteiger partial charge in [-0.1, -0.05) is 6.92 Å². The predicted molar refractivity (Wildman–Crippen MR) is 58.2 cm³/mol. The van der Waals surface area contributed by atoms with Crippen LogP contribution in [0.5, 0.6) is 0 Å². The first kappa shape index (κ1) is 9.22. The molecule has 2 rings (SSSR count). The maximum atomic E-state index is 2.59. The van der Waals surface area contributed by atoms with Gasteiger partial charge < -0.3 is 0 Å². The summed E-state index contributed by atoms with van der Waals surface area (Å²) in [6.45, 7) is 7.03. The van der Waals surface area contributed by atoms with Crippen molar-refractivity contribution in [3.8, 4) is 0 Å². The fourth-order valence-electron chi connectivity index (χ4n) is 1.90. The summed E-state index contributed by atoms with van der Waals surface area (Å²) in [7, 11) is 0. The van der Waals surface area contributed by atoms with Gasteiger partial charge >= 0.3 is 0 Å². The third kappa shape index (κ3) is 1.79. The lowest BCUT2D eigenvalue weighted by Gasteiger charge is -2.31. The molecule has 0 saturated carbocycles. The molecule has 0 radical (unpaired) electrons. The highest BCUT2D eigenvalue weighted by Gasteiger charge is 2.19. The Kier molecular flexibility index (Phi) is 2.70. The van der Waals surface area contributed by atoms with Gasteiger partial charge in [-0.05, 0) is 36.8 Å². The van der Waals surface area contributed by atoms with Crippen LogP contribution >= 0.6 is 11.3 Å². The predicted octanol–water partition coefficient (Wildman–Crippen LogP) is 2.90. The molecule has 1 aliphatic heterocycles. The highest BCUT2D eigenvalue weighted by atomic mass is 32.1. The van der Waals surface area contributed by atoms with Crippen molar-refractivity contribution in [2.75, 3.05) is 6.54 Å². The maximum absolute atomic E-state index is 2.59. The fourth-order valence-corrected chi connectivity index (χ4v) is 2.79. The Bertz CT molecular complexity index is 279. The van der Waals surface area contributed by atoms with Gasteiger partial charge in [0, 0.05) is 24.0 Å². The topological polar surface area (TPSA) is 3.24 Å². The lowest BCUT2D eigenvalue weighted by molar-refractivity contribution is 0.188. The second kappa shape index (κ2) is 3.81. The Balaban J connectivity index is 2.08. The monoisotopic (exact) mass is 195 g/mol. The molecule has 0 N–H and O–H groups in total. The summed E-state index contributed by atoms with van der Waals surface area (Å²) in [6, 6.07) is 3.03. The lowest BCUT2D eigenvalue weighted by atomic mass is 10.1. The molecule has 0 aromatic carbocycles. The van der Waals surface area contributed by atoms with Gasteiger partial charge in [0.1, 0.15) is 0 Å². The van der Waals surface area contributed by atoms with Crippen LogP contribution in [0.15, 0.2) is 11.4 Å². The van der Waals surface area contributed by atoms with E-state index in [0.717, 1.165) is 6.04 Å². The minimum absolute atomic E-state index is 0.744. The molecule has 0 amide bonds. The average Bonchev–Trinajstić information content (AvgIpc) is 2.63. The fraction of sp³-hybridized carbons (Fsp3) is 0.636. The molecule has 1 atom stereocenters. The van der Waals surface area contributed by atoms with Gasteiger partial charge in [0.15, 0.2) is 0 Å². The van der Waals surface area contributed by atoms with Gasteiger partial charge in [0.05, 0.1) is 0 Å². The molecule has 0 spiro atoms. The molecule has 1 aliphatic rings. The van der Waals surface area contributed by atoms with Crippen LogP contribution in [0.3, 0.4) is 0 Å². The summed E-state index contributed by atoms with van der Waals surface area (Å²) in [6.07, 6.45) is 2.52. The van der Waals surface area contributed by atoms with E-state index in [1.165, 1.54) is 25.9 Å². The lowest BCUT2D eigenvalue weighted by Crippen LogP contribution is -2.36. The van der Waals surface area contributed by atoms with Crippen LogP contribution in [0.25, 0.3) is 0 Å². The van der Waals surface area contributed by atoms with Crippen LogP contribution in [0.1, 0.15) is 30.7 Å². The molecule has 0 saturated heterocycles. The third-order valence-electron chi connectivity index (χ3n) is 3.05. The average molecular weight is 195 g/mol. The Morgan fingerprint density at radius 2 is 2.46 bits per heavy atom. The highest BCUT2D eigenvalue weighted by molar-refractivity contribution is 7.10. The second-order valence-corrected chi connectivity index (χ2v) is 4.85. The first-order valence-electron chi connectivity index (χ1n) is 5.10. The van der Waals surface area contributed by atoms with E-state index in [2.05, 4.69) is 30.2 Å². The van der Waals surface area contributed by atoms with Crippen molar-refractivity contribution in [2.45, 2.75) is 39.3 Å². The van der Waals surface area contributed by atoms with Crippen LogP contribution in [-0.4, -0.2) is 17.5 Å². The Morgan fingerprint density at radius 3 is 3.23 bits per heavy atom. The summed E-state index contributed by atoms with van der Waals surface area (Å²) < 4.78 is 0. The smallest absolute Gasteiger partial charge is 0.0247 e. The first-order valence-corrected chi connectivity index (χ1v) is 5.98. The minimum atomic E-state index is 0.744. The van der Waals surface area contributed by atoms with E-state index in [1.54, 1.807) is 10.4 Å². The van der Waals surface area contributed by atoms with Crippen LogP contribution in [0, 0.1) is 0 Å². The van der Waals surface area contributed by atoms with E-state index in [9.17, 15) is 0 Å². The van der Waals surface area contributed by atoms with E-state index < -0.39 is 0 Å². The highest BCUT2D eigenvalue weighted by Crippen LogP contribution is 2.25. The van der Waals surface area contributed by atoms with Crippen molar-refractivity contribution >= 4 is 11.3 Å². The maximum Gasteiger partial charge on any atom is 0.0247 e. The van der Waals surface area contributed by atoms with Gasteiger partial charge in [-0.2, -0.15) is 0 Å². The van der Waals surface area contributed by atoms with Crippen molar-refractivity contribution in [3.05, 3.63) is 21.9 Å². The summed E-state index contributed by atoms with van der Waals surface area (Å²) >= 11 is 1.92. The quantitative estimate of drug-likeness (QED) is 0.701. The molecule has 1 nitrogen and oxygen atoms in total. The summed E-state index contributed by atoms with van der Waals surface area (Å²) in [4.78, 5) is 4.20. The molecule has 1 aromatic heterocycles. The number of hydrogen-bond donors (Lipinski definition) is 0. The molecule has 13 heavy (non-hydrogen) atoms. The molecule has 0 bridgehead atoms. The standard InChI is InChI=1S/C11H17NS/c1-3-9(2)12-6-4-11-10(8-12)5-7-13-11/h5,7,9H,3-4,6,8H2,1-2H3. The molecule has 0 fully saturated rings. The molecular weight excluding hydrogens is 178 g/mol. The van der Waals surface area contributed by atoms with Gasteiger partial charge in [0.25, 0.3) is 0 Å². The summed E-state index contributed by atoms with van der Waals surface area (Å²) in [5, 5.41) is 2.23. The van der Waals surface area contributed by atoms with Crippen LogP contribution < -0.4 is 0 Å². The third-order valence-corrected chi connectivity index (χ3v) is 4.07. The Labute approximate surface area is 84.4 Å². The largest absolute Gasteiger partial charge is 0.296 e. The summed E-state index contributed by atoms with van der Waals surface area (Å²) in [5.41, 5.74) is 1.57. The molecular formula is C11H17NS. The Morgan fingerprint density at radius 1 is 1.62 bits per heavy atom. The number of thiophene rings is 1. The number of nitrogens with zero attached hydrogens (tertiary/aromatic N) is 1. The van der Waals surface area contributed by atoms with Crippen molar-refractivity contribution < 1.29 is 0 Å². The number of hydrogen-bond acceptors (Lipinski definition) is 2. The van der Waals surface area contributed by atoms with Crippen LogP contribution in [0.4, 0.5) is 0 Å². The van der Waals surface area contributed by atoms with Crippen molar-refractivity contribution in [1.29, 1.82) is 0 Å². The SMILES string of the molecule is CCC(C)N1CCc2sccc2C1. The van der Waals surface area contributed by atoms with Gasteiger partial charge in [-0.15, -0.1) is 11.3 Å². The normalized spacial score (nSPS) is 19.8. The first-order chi connectivity index (χ1) is 6.31. The van der Waals surface area contributed by atoms with E-state index in [-0.39, 0.29) is 0 Å². The van der Waals surface area contributed by atoms with Crippen LogP contribution in [0.2, 0.25) is 0 Å². The zero-order chi connectivity index (χ0) is 9.26. The minimum Gasteiger partial charge on any atom is -0.296 e.